The first-order valence-electron chi connectivity index (χ1n) is 4.19. The number of halogens is 2. The highest BCUT2D eigenvalue weighted by molar-refractivity contribution is 6.35. The van der Waals surface area contributed by atoms with Crippen LogP contribution in [0.5, 0.6) is 5.75 Å². The molecule has 1 rings (SSSR count). The van der Waals surface area contributed by atoms with Gasteiger partial charge in [0.15, 0.2) is 0 Å². The molecule has 0 saturated carbocycles. The average molecular weight is 235 g/mol. The summed E-state index contributed by atoms with van der Waals surface area (Å²) in [5.74, 6) is 0.526. The average Bonchev–Trinajstić information content (AvgIpc) is 2.00. The standard InChI is InChI=1S/C10H12Cl2O2/c1-10(2,13)6-14-9-4-3-7(11)5-8(9)12/h3-5,13H,6H2,1-2H3. The van der Waals surface area contributed by atoms with Crippen LogP contribution in [0.3, 0.4) is 0 Å². The van der Waals surface area contributed by atoms with Crippen LogP contribution in [0.15, 0.2) is 18.2 Å². The van der Waals surface area contributed by atoms with Gasteiger partial charge in [0, 0.05) is 5.02 Å². The number of ether oxygens (including phenoxy) is 1. The quantitative estimate of drug-likeness (QED) is 0.871. The summed E-state index contributed by atoms with van der Waals surface area (Å²) in [6.07, 6.45) is 0. The molecule has 0 saturated heterocycles. The smallest absolute Gasteiger partial charge is 0.138 e. The molecule has 78 valence electrons. The molecule has 2 nitrogen and oxygen atoms in total. The zero-order valence-electron chi connectivity index (χ0n) is 8.05. The lowest BCUT2D eigenvalue weighted by molar-refractivity contribution is 0.0285. The van der Waals surface area contributed by atoms with Crippen LogP contribution in [0, 0.1) is 0 Å². The molecule has 0 aliphatic carbocycles. The van der Waals surface area contributed by atoms with Gasteiger partial charge >= 0.3 is 0 Å². The van der Waals surface area contributed by atoms with E-state index in [1.165, 1.54) is 0 Å². The van der Waals surface area contributed by atoms with Crippen LogP contribution >= 0.6 is 23.2 Å². The summed E-state index contributed by atoms with van der Waals surface area (Å²) in [7, 11) is 0. The maximum absolute atomic E-state index is 9.43. The first kappa shape index (κ1) is 11.6. The predicted octanol–water partition coefficient (Wildman–Crippen LogP) is 3.14. The van der Waals surface area contributed by atoms with E-state index >= 15 is 0 Å². The lowest BCUT2D eigenvalue weighted by Gasteiger charge is -2.18. The molecule has 4 heteroatoms. The van der Waals surface area contributed by atoms with E-state index in [1.807, 2.05) is 0 Å². The third-order valence-corrected chi connectivity index (χ3v) is 2.01. The molecular formula is C10H12Cl2O2. The molecule has 0 bridgehead atoms. The van der Waals surface area contributed by atoms with Gasteiger partial charge in [-0.15, -0.1) is 0 Å². The number of rotatable bonds is 3. The summed E-state index contributed by atoms with van der Waals surface area (Å²) >= 11 is 11.6. The van der Waals surface area contributed by atoms with Crippen LogP contribution < -0.4 is 4.74 Å². The predicted molar refractivity (Wildman–Crippen MR) is 58.3 cm³/mol. The highest BCUT2D eigenvalue weighted by Crippen LogP contribution is 2.27. The van der Waals surface area contributed by atoms with Crippen LogP contribution in [-0.4, -0.2) is 17.3 Å². The molecule has 0 amide bonds. The van der Waals surface area contributed by atoms with Gasteiger partial charge in [-0.3, -0.25) is 0 Å². The third-order valence-electron chi connectivity index (χ3n) is 1.47. The van der Waals surface area contributed by atoms with Gasteiger partial charge in [0.1, 0.15) is 12.4 Å². The Hall–Kier alpha value is -0.440. The second-order valence-electron chi connectivity index (χ2n) is 3.68. The van der Waals surface area contributed by atoms with Gasteiger partial charge in [-0.25, -0.2) is 0 Å². The molecule has 0 unspecified atom stereocenters. The molecular weight excluding hydrogens is 223 g/mol. The first-order valence-corrected chi connectivity index (χ1v) is 4.94. The number of benzene rings is 1. The van der Waals surface area contributed by atoms with Gasteiger partial charge in [0.25, 0.3) is 0 Å². The maximum Gasteiger partial charge on any atom is 0.138 e. The largest absolute Gasteiger partial charge is 0.489 e. The minimum absolute atomic E-state index is 0.189. The number of hydrogen-bond donors (Lipinski definition) is 1. The summed E-state index contributed by atoms with van der Waals surface area (Å²) in [5, 5.41) is 10.4. The van der Waals surface area contributed by atoms with E-state index in [-0.39, 0.29) is 6.61 Å². The topological polar surface area (TPSA) is 29.5 Å². The van der Waals surface area contributed by atoms with Crippen molar-refractivity contribution in [3.05, 3.63) is 28.2 Å². The van der Waals surface area contributed by atoms with Crippen molar-refractivity contribution in [3.63, 3.8) is 0 Å². The zero-order valence-corrected chi connectivity index (χ0v) is 9.56. The normalized spacial score (nSPS) is 11.5. The summed E-state index contributed by atoms with van der Waals surface area (Å²) in [5.41, 5.74) is -0.872. The first-order chi connectivity index (χ1) is 6.38. The zero-order chi connectivity index (χ0) is 10.8. The van der Waals surface area contributed by atoms with Crippen LogP contribution in [0.4, 0.5) is 0 Å². The Balaban J connectivity index is 2.68. The molecule has 0 heterocycles. The van der Waals surface area contributed by atoms with Gasteiger partial charge in [0.2, 0.25) is 0 Å². The molecule has 1 aromatic rings. The van der Waals surface area contributed by atoms with Crippen molar-refractivity contribution in [2.45, 2.75) is 19.4 Å². The van der Waals surface area contributed by atoms with Crippen molar-refractivity contribution in [2.75, 3.05) is 6.61 Å². The van der Waals surface area contributed by atoms with Crippen molar-refractivity contribution in [1.82, 2.24) is 0 Å². The van der Waals surface area contributed by atoms with Crippen LogP contribution in [0.25, 0.3) is 0 Å². The maximum atomic E-state index is 9.43. The number of aliphatic hydroxyl groups is 1. The molecule has 1 aromatic carbocycles. The van der Waals surface area contributed by atoms with E-state index < -0.39 is 5.60 Å². The van der Waals surface area contributed by atoms with Crippen molar-refractivity contribution in [3.8, 4) is 5.75 Å². The lowest BCUT2D eigenvalue weighted by atomic mass is 10.2. The van der Waals surface area contributed by atoms with E-state index in [2.05, 4.69) is 0 Å². The molecule has 0 atom stereocenters. The minimum Gasteiger partial charge on any atom is -0.489 e. The summed E-state index contributed by atoms with van der Waals surface area (Å²) < 4.78 is 5.32. The monoisotopic (exact) mass is 234 g/mol. The van der Waals surface area contributed by atoms with Crippen molar-refractivity contribution < 1.29 is 9.84 Å². The van der Waals surface area contributed by atoms with Gasteiger partial charge < -0.3 is 9.84 Å². The second-order valence-corrected chi connectivity index (χ2v) is 4.52. The Morgan fingerprint density at radius 1 is 1.36 bits per heavy atom. The van der Waals surface area contributed by atoms with Gasteiger partial charge in [0.05, 0.1) is 10.6 Å². The highest BCUT2D eigenvalue weighted by atomic mass is 35.5. The number of hydrogen-bond acceptors (Lipinski definition) is 2. The fourth-order valence-corrected chi connectivity index (χ4v) is 1.31. The summed E-state index contributed by atoms with van der Waals surface area (Å²) in [6, 6.07) is 4.96. The van der Waals surface area contributed by atoms with Crippen molar-refractivity contribution in [1.29, 1.82) is 0 Å². The Kier molecular flexibility index (Phi) is 3.65. The van der Waals surface area contributed by atoms with E-state index in [1.54, 1.807) is 32.0 Å². The molecule has 0 radical (unpaired) electrons. The van der Waals surface area contributed by atoms with Crippen LogP contribution in [-0.2, 0) is 0 Å². The van der Waals surface area contributed by atoms with Gasteiger partial charge in [-0.2, -0.15) is 0 Å². The Bertz CT molecular complexity index is 318. The van der Waals surface area contributed by atoms with Gasteiger partial charge in [-0.1, -0.05) is 23.2 Å². The Labute approximate surface area is 93.4 Å². The summed E-state index contributed by atoms with van der Waals surface area (Å²) in [6.45, 7) is 3.52. The Morgan fingerprint density at radius 3 is 2.50 bits per heavy atom. The van der Waals surface area contributed by atoms with E-state index in [0.29, 0.717) is 15.8 Å². The fourth-order valence-electron chi connectivity index (χ4n) is 0.847. The SMILES string of the molecule is CC(C)(O)COc1ccc(Cl)cc1Cl. The second kappa shape index (κ2) is 4.39. The highest BCUT2D eigenvalue weighted by Gasteiger charge is 2.14. The van der Waals surface area contributed by atoms with E-state index in [0.717, 1.165) is 0 Å². The molecule has 0 aliphatic heterocycles. The molecule has 0 spiro atoms. The molecule has 0 fully saturated rings. The van der Waals surface area contributed by atoms with Gasteiger partial charge in [-0.05, 0) is 32.0 Å². The fraction of sp³-hybridized carbons (Fsp3) is 0.400. The van der Waals surface area contributed by atoms with E-state index in [9.17, 15) is 5.11 Å². The molecule has 0 aromatic heterocycles. The molecule has 14 heavy (non-hydrogen) atoms. The minimum atomic E-state index is -0.872. The molecule has 1 N–H and O–H groups in total. The van der Waals surface area contributed by atoms with Crippen LogP contribution in [0.2, 0.25) is 10.0 Å². The van der Waals surface area contributed by atoms with Crippen molar-refractivity contribution in [2.24, 2.45) is 0 Å². The van der Waals surface area contributed by atoms with E-state index in [4.69, 9.17) is 27.9 Å². The molecule has 0 aliphatic rings. The Morgan fingerprint density at radius 2 is 2.00 bits per heavy atom. The van der Waals surface area contributed by atoms with Crippen molar-refractivity contribution >= 4 is 23.2 Å². The summed E-state index contributed by atoms with van der Waals surface area (Å²) in [4.78, 5) is 0. The lowest BCUT2D eigenvalue weighted by Crippen LogP contribution is -2.27. The third kappa shape index (κ3) is 3.74. The van der Waals surface area contributed by atoms with Crippen LogP contribution in [0.1, 0.15) is 13.8 Å².